The highest BCUT2D eigenvalue weighted by Gasteiger charge is 2.21. The van der Waals surface area contributed by atoms with E-state index in [1.54, 1.807) is 0 Å². The van der Waals surface area contributed by atoms with Crippen LogP contribution in [0.2, 0.25) is 0 Å². The van der Waals surface area contributed by atoms with Crippen molar-refractivity contribution in [2.45, 2.75) is 6.92 Å². The lowest BCUT2D eigenvalue weighted by molar-refractivity contribution is 0.401. The molecule has 0 aromatic heterocycles. The molecular formula is C16H16N2. The Labute approximate surface area is 108 Å². The number of hydrazine groups is 1. The van der Waals surface area contributed by atoms with Crippen LogP contribution in [0.4, 0.5) is 0 Å². The molecule has 18 heavy (non-hydrogen) atoms. The maximum absolute atomic E-state index is 5.50. The summed E-state index contributed by atoms with van der Waals surface area (Å²) in [4.78, 5) is 0. The summed E-state index contributed by atoms with van der Waals surface area (Å²) in [6.45, 7) is 6.10. The van der Waals surface area contributed by atoms with Gasteiger partial charge in [-0.2, -0.15) is 0 Å². The minimum absolute atomic E-state index is 0.796. The highest BCUT2D eigenvalue weighted by atomic mass is 15.5. The van der Waals surface area contributed by atoms with Crippen LogP contribution in [0.3, 0.4) is 0 Å². The molecule has 0 bridgehead atoms. The van der Waals surface area contributed by atoms with Crippen LogP contribution in [0.15, 0.2) is 59.8 Å². The second kappa shape index (κ2) is 4.95. The van der Waals surface area contributed by atoms with E-state index in [-0.39, 0.29) is 0 Å². The highest BCUT2D eigenvalue weighted by Crippen LogP contribution is 2.32. The van der Waals surface area contributed by atoms with Gasteiger partial charge >= 0.3 is 0 Å². The maximum Gasteiger partial charge on any atom is 0.0679 e. The number of nitrogens with zero attached hydrogens (tertiary/aromatic N) is 1. The molecule has 1 aliphatic rings. The SMILES string of the molecule is C#CC1=CC(C)=C(c2ccccc2)N(NC)C1=C. The van der Waals surface area contributed by atoms with Crippen LogP contribution in [0.1, 0.15) is 12.5 Å². The van der Waals surface area contributed by atoms with Crippen LogP contribution in [0.25, 0.3) is 5.70 Å². The molecule has 0 saturated carbocycles. The van der Waals surface area contributed by atoms with E-state index >= 15 is 0 Å². The molecule has 1 aromatic carbocycles. The average Bonchev–Trinajstić information content (AvgIpc) is 2.41. The van der Waals surface area contributed by atoms with E-state index in [1.807, 2.05) is 36.3 Å². The molecule has 0 saturated heterocycles. The Morgan fingerprint density at radius 1 is 1.28 bits per heavy atom. The van der Waals surface area contributed by atoms with Gasteiger partial charge < -0.3 is 0 Å². The molecule has 0 spiro atoms. The standard InChI is InChI=1S/C16H16N2/c1-5-14-11-12(2)16(18(17-4)13(14)3)15-9-7-6-8-10-15/h1,6-11,17H,3H2,2,4H3. The Kier molecular flexibility index (Phi) is 3.36. The number of benzene rings is 1. The predicted molar refractivity (Wildman–Crippen MR) is 76.0 cm³/mol. The summed E-state index contributed by atoms with van der Waals surface area (Å²) >= 11 is 0. The van der Waals surface area contributed by atoms with Crippen molar-refractivity contribution in [1.82, 2.24) is 10.4 Å². The third-order valence-corrected chi connectivity index (χ3v) is 2.97. The molecule has 0 fully saturated rings. The smallest absolute Gasteiger partial charge is 0.0679 e. The second-order valence-electron chi connectivity index (χ2n) is 4.11. The average molecular weight is 236 g/mol. The molecule has 1 N–H and O–H groups in total. The van der Waals surface area contributed by atoms with E-state index < -0.39 is 0 Å². The highest BCUT2D eigenvalue weighted by molar-refractivity contribution is 5.75. The van der Waals surface area contributed by atoms with E-state index in [1.165, 1.54) is 0 Å². The van der Waals surface area contributed by atoms with Crippen LogP contribution in [-0.4, -0.2) is 12.1 Å². The third-order valence-electron chi connectivity index (χ3n) is 2.97. The van der Waals surface area contributed by atoms with Crippen molar-refractivity contribution in [2.24, 2.45) is 0 Å². The Morgan fingerprint density at radius 2 is 1.94 bits per heavy atom. The largest absolute Gasteiger partial charge is 0.276 e. The summed E-state index contributed by atoms with van der Waals surface area (Å²) in [5.74, 6) is 2.67. The van der Waals surface area contributed by atoms with Gasteiger partial charge in [-0.3, -0.25) is 5.01 Å². The molecule has 90 valence electrons. The van der Waals surface area contributed by atoms with Gasteiger partial charge in [0, 0.05) is 12.6 Å². The number of allylic oxidation sites excluding steroid dienone is 3. The predicted octanol–water partition coefficient (Wildman–Crippen LogP) is 2.94. The van der Waals surface area contributed by atoms with E-state index in [9.17, 15) is 0 Å². The Balaban J connectivity index is 2.59. The molecule has 0 amide bonds. The lowest BCUT2D eigenvalue weighted by atomic mass is 9.99. The fraction of sp³-hybridized carbons (Fsp3) is 0.125. The van der Waals surface area contributed by atoms with Crippen molar-refractivity contribution in [2.75, 3.05) is 7.05 Å². The number of nitrogens with one attached hydrogen (secondary N) is 1. The first-order valence-corrected chi connectivity index (χ1v) is 5.80. The summed E-state index contributed by atoms with van der Waals surface area (Å²) in [5, 5.41) is 1.93. The number of hydrogen-bond acceptors (Lipinski definition) is 2. The minimum atomic E-state index is 0.796. The molecule has 0 unspecified atom stereocenters. The monoisotopic (exact) mass is 236 g/mol. The normalized spacial score (nSPS) is 15.5. The maximum atomic E-state index is 5.50. The topological polar surface area (TPSA) is 15.3 Å². The first-order valence-electron chi connectivity index (χ1n) is 5.80. The Morgan fingerprint density at radius 3 is 2.50 bits per heavy atom. The Hall–Kier alpha value is -2.24. The van der Waals surface area contributed by atoms with Crippen LogP contribution >= 0.6 is 0 Å². The van der Waals surface area contributed by atoms with Gasteiger partial charge in [0.15, 0.2) is 0 Å². The van der Waals surface area contributed by atoms with Crippen molar-refractivity contribution in [3.63, 3.8) is 0 Å². The molecule has 0 radical (unpaired) electrons. The molecule has 0 atom stereocenters. The van der Waals surface area contributed by atoms with E-state index in [0.29, 0.717) is 0 Å². The van der Waals surface area contributed by atoms with Gasteiger partial charge in [-0.25, -0.2) is 5.43 Å². The molecule has 2 rings (SSSR count). The van der Waals surface area contributed by atoms with Crippen LogP contribution < -0.4 is 5.43 Å². The zero-order valence-corrected chi connectivity index (χ0v) is 10.7. The van der Waals surface area contributed by atoms with Crippen LogP contribution in [-0.2, 0) is 0 Å². The summed E-state index contributed by atoms with van der Waals surface area (Å²) in [5.41, 5.74) is 8.08. The zero-order chi connectivity index (χ0) is 13.1. The van der Waals surface area contributed by atoms with Crippen molar-refractivity contribution >= 4 is 5.70 Å². The van der Waals surface area contributed by atoms with Crippen molar-refractivity contribution < 1.29 is 0 Å². The van der Waals surface area contributed by atoms with E-state index in [4.69, 9.17) is 6.42 Å². The number of terminal acetylenes is 1. The van der Waals surface area contributed by atoms with Gasteiger partial charge in [0.2, 0.25) is 0 Å². The van der Waals surface area contributed by atoms with Crippen LogP contribution in [0, 0.1) is 12.3 Å². The van der Waals surface area contributed by atoms with E-state index in [0.717, 1.165) is 28.1 Å². The second-order valence-corrected chi connectivity index (χ2v) is 4.11. The van der Waals surface area contributed by atoms with Crippen molar-refractivity contribution in [3.8, 4) is 12.3 Å². The fourth-order valence-corrected chi connectivity index (χ4v) is 2.12. The minimum Gasteiger partial charge on any atom is -0.276 e. The quantitative estimate of drug-likeness (QED) is 0.794. The summed E-state index contributed by atoms with van der Waals surface area (Å²) in [7, 11) is 1.86. The van der Waals surface area contributed by atoms with Gasteiger partial charge in [-0.05, 0) is 24.1 Å². The molecule has 2 nitrogen and oxygen atoms in total. The molecule has 1 heterocycles. The molecule has 0 aliphatic carbocycles. The van der Waals surface area contributed by atoms with Gasteiger partial charge in [0.05, 0.1) is 11.4 Å². The summed E-state index contributed by atoms with van der Waals surface area (Å²) < 4.78 is 0. The van der Waals surface area contributed by atoms with Crippen molar-refractivity contribution in [3.05, 3.63) is 65.4 Å². The molecule has 2 heteroatoms. The number of hydrogen-bond donors (Lipinski definition) is 1. The lowest BCUT2D eigenvalue weighted by Crippen LogP contribution is -2.35. The van der Waals surface area contributed by atoms with Crippen molar-refractivity contribution in [1.29, 1.82) is 0 Å². The van der Waals surface area contributed by atoms with Gasteiger partial charge in [-0.1, -0.05) is 42.8 Å². The zero-order valence-electron chi connectivity index (χ0n) is 10.7. The lowest BCUT2D eigenvalue weighted by Gasteiger charge is -2.32. The Bertz CT molecular complexity index is 571. The fourth-order valence-electron chi connectivity index (χ4n) is 2.12. The van der Waals surface area contributed by atoms with Gasteiger partial charge in [-0.15, -0.1) is 6.42 Å². The van der Waals surface area contributed by atoms with E-state index in [2.05, 4.69) is 37.0 Å². The summed E-state index contributed by atoms with van der Waals surface area (Å²) in [6.07, 6.45) is 7.50. The molecule has 1 aliphatic heterocycles. The molecule has 1 aromatic rings. The van der Waals surface area contributed by atoms with Gasteiger partial charge in [0.25, 0.3) is 0 Å². The van der Waals surface area contributed by atoms with Gasteiger partial charge in [0.1, 0.15) is 0 Å². The summed E-state index contributed by atoms with van der Waals surface area (Å²) in [6, 6.07) is 10.2. The van der Waals surface area contributed by atoms with Crippen LogP contribution in [0.5, 0.6) is 0 Å². The first kappa shape index (κ1) is 12.2. The number of rotatable bonds is 2. The first-order chi connectivity index (χ1) is 8.69. The third kappa shape index (κ3) is 1.97. The molecular weight excluding hydrogens is 220 g/mol.